The van der Waals surface area contributed by atoms with Crippen LogP contribution in [0.2, 0.25) is 0 Å². The van der Waals surface area contributed by atoms with Gasteiger partial charge in [-0.2, -0.15) is 0 Å². The molecule has 0 unspecified atom stereocenters. The third-order valence-corrected chi connectivity index (χ3v) is 4.44. The Morgan fingerprint density at radius 2 is 1.91 bits per heavy atom. The molecule has 4 nitrogen and oxygen atoms in total. The van der Waals surface area contributed by atoms with Crippen molar-refractivity contribution in [2.45, 2.75) is 45.4 Å². The van der Waals surface area contributed by atoms with E-state index >= 15 is 0 Å². The van der Waals surface area contributed by atoms with Crippen LogP contribution in [0, 0.1) is 5.92 Å². The molecule has 0 spiro atoms. The van der Waals surface area contributed by atoms with Gasteiger partial charge in [0.25, 0.3) is 0 Å². The zero-order valence-corrected chi connectivity index (χ0v) is 13.8. The molecule has 0 aliphatic carbocycles. The van der Waals surface area contributed by atoms with Crippen molar-refractivity contribution < 1.29 is 9.90 Å². The summed E-state index contributed by atoms with van der Waals surface area (Å²) in [5.74, 6) is 0.213. The zero-order chi connectivity index (χ0) is 16.3. The quantitative estimate of drug-likeness (QED) is 0.906. The summed E-state index contributed by atoms with van der Waals surface area (Å²) in [6.07, 6.45) is 3.90. The number of rotatable bonds is 5. The smallest absolute Gasteiger partial charge is 0.324 e. The van der Waals surface area contributed by atoms with Crippen LogP contribution in [-0.2, 0) is 0 Å². The first-order valence-corrected chi connectivity index (χ1v) is 7.88. The second kappa shape index (κ2) is 6.97. The number of carbonyl (C=O) groups is 1. The van der Waals surface area contributed by atoms with Gasteiger partial charge in [0, 0.05) is 13.2 Å². The second-order valence-electron chi connectivity index (χ2n) is 6.33. The highest BCUT2D eigenvalue weighted by molar-refractivity contribution is 5.79. The van der Waals surface area contributed by atoms with Crippen LogP contribution in [0.15, 0.2) is 42.6 Å². The van der Waals surface area contributed by atoms with Gasteiger partial charge in [0.05, 0.1) is 18.2 Å². The Balaban J connectivity index is 2.19. The largest absolute Gasteiger partial charge is 0.393 e. The maximum atomic E-state index is 12.4. The molecule has 0 radical (unpaired) electrons. The van der Waals surface area contributed by atoms with E-state index in [4.69, 9.17) is 0 Å². The summed E-state index contributed by atoms with van der Waals surface area (Å²) >= 11 is 0. The lowest BCUT2D eigenvalue weighted by atomic mass is 10.0. The van der Waals surface area contributed by atoms with Crippen molar-refractivity contribution in [1.29, 1.82) is 0 Å². The fourth-order valence-corrected chi connectivity index (χ4v) is 2.75. The molecule has 1 heterocycles. The summed E-state index contributed by atoms with van der Waals surface area (Å²) in [5, 5.41) is 9.89. The minimum absolute atomic E-state index is 0.00311. The molecule has 2 amide bonds. The molecule has 1 aliphatic heterocycles. The molecule has 4 heteroatoms. The van der Waals surface area contributed by atoms with E-state index in [2.05, 4.69) is 19.1 Å². The molecule has 1 aromatic rings. The van der Waals surface area contributed by atoms with E-state index in [0.29, 0.717) is 6.42 Å². The first kappa shape index (κ1) is 16.6. The standard InChI is InChI=1S/C18H26N2O2/c1-13(2)16(21)11-8-12-20-17(14(3)19(4)18(20)22)15-9-6-5-7-10-15/h5-10,12-14,16-17,21H,11H2,1-4H3/b12-8-/t14-,16-,17-/m0/s1. The monoisotopic (exact) mass is 302 g/mol. The number of urea groups is 1. The molecule has 0 bridgehead atoms. The van der Waals surface area contributed by atoms with Crippen molar-refractivity contribution in [3.8, 4) is 0 Å². The van der Waals surface area contributed by atoms with Gasteiger partial charge in [-0.3, -0.25) is 4.90 Å². The third kappa shape index (κ3) is 3.33. The maximum Gasteiger partial charge on any atom is 0.324 e. The van der Waals surface area contributed by atoms with E-state index in [1.807, 2.05) is 51.4 Å². The predicted octanol–water partition coefficient (Wildman–Crippen LogP) is 3.40. The van der Waals surface area contributed by atoms with Crippen LogP contribution in [0.4, 0.5) is 4.79 Å². The number of aliphatic hydroxyl groups is 1. The summed E-state index contributed by atoms with van der Waals surface area (Å²) < 4.78 is 0. The second-order valence-corrected chi connectivity index (χ2v) is 6.33. The highest BCUT2D eigenvalue weighted by Gasteiger charge is 2.40. The Bertz CT molecular complexity index is 527. The van der Waals surface area contributed by atoms with Crippen LogP contribution in [0.3, 0.4) is 0 Å². The van der Waals surface area contributed by atoms with Gasteiger partial charge in [-0.25, -0.2) is 4.79 Å². The summed E-state index contributed by atoms with van der Waals surface area (Å²) in [6, 6.07) is 10.2. The van der Waals surface area contributed by atoms with Crippen LogP contribution in [-0.4, -0.2) is 40.1 Å². The van der Waals surface area contributed by atoms with Crippen molar-refractivity contribution in [2.24, 2.45) is 5.92 Å². The molecule has 1 aromatic carbocycles. The number of benzene rings is 1. The van der Waals surface area contributed by atoms with Crippen LogP contribution in [0.25, 0.3) is 0 Å². The van der Waals surface area contributed by atoms with Crippen molar-refractivity contribution >= 4 is 6.03 Å². The molecule has 22 heavy (non-hydrogen) atoms. The number of carbonyl (C=O) groups excluding carboxylic acids is 1. The van der Waals surface area contributed by atoms with Crippen molar-refractivity contribution in [2.75, 3.05) is 7.05 Å². The molecule has 1 aliphatic rings. The lowest BCUT2D eigenvalue weighted by Crippen LogP contribution is -2.28. The van der Waals surface area contributed by atoms with Crippen molar-refractivity contribution in [3.63, 3.8) is 0 Å². The van der Waals surface area contributed by atoms with E-state index in [-0.39, 0.29) is 30.1 Å². The minimum Gasteiger partial charge on any atom is -0.393 e. The number of hydrogen-bond acceptors (Lipinski definition) is 2. The number of amides is 2. The van der Waals surface area contributed by atoms with Gasteiger partial charge in [-0.05, 0) is 24.8 Å². The lowest BCUT2D eigenvalue weighted by molar-refractivity contribution is 0.128. The first-order valence-electron chi connectivity index (χ1n) is 7.88. The molecule has 1 fully saturated rings. The van der Waals surface area contributed by atoms with Crippen LogP contribution >= 0.6 is 0 Å². The summed E-state index contributed by atoms with van der Waals surface area (Å²) in [6.45, 7) is 6.04. The highest BCUT2D eigenvalue weighted by Crippen LogP contribution is 2.34. The topological polar surface area (TPSA) is 43.8 Å². The highest BCUT2D eigenvalue weighted by atomic mass is 16.3. The third-order valence-electron chi connectivity index (χ3n) is 4.44. The van der Waals surface area contributed by atoms with E-state index in [1.54, 1.807) is 9.80 Å². The SMILES string of the molecule is CC(C)[C@@H](O)C/C=C\N1C(=O)N(C)[C@@H](C)[C@H]1c1ccccc1. The van der Waals surface area contributed by atoms with Gasteiger partial charge >= 0.3 is 6.03 Å². The molecular formula is C18H26N2O2. The number of hydrogen-bond donors (Lipinski definition) is 1. The number of likely N-dealkylation sites (N-methyl/N-ethyl adjacent to an activating group) is 1. The maximum absolute atomic E-state index is 12.4. The predicted molar refractivity (Wildman–Crippen MR) is 88.2 cm³/mol. The average Bonchev–Trinajstić information content (AvgIpc) is 2.72. The Morgan fingerprint density at radius 1 is 1.27 bits per heavy atom. The van der Waals surface area contributed by atoms with Crippen LogP contribution < -0.4 is 0 Å². The molecule has 1 N–H and O–H groups in total. The first-order chi connectivity index (χ1) is 10.4. The lowest BCUT2D eigenvalue weighted by Gasteiger charge is -2.23. The van der Waals surface area contributed by atoms with Gasteiger partial charge in [0.2, 0.25) is 0 Å². The molecular weight excluding hydrogens is 276 g/mol. The normalized spacial score (nSPS) is 23.8. The number of aliphatic hydroxyl groups excluding tert-OH is 1. The van der Waals surface area contributed by atoms with Gasteiger partial charge in [-0.1, -0.05) is 50.3 Å². The summed E-state index contributed by atoms with van der Waals surface area (Å²) in [4.78, 5) is 16.0. The molecule has 2 rings (SSSR count). The Morgan fingerprint density at radius 3 is 2.50 bits per heavy atom. The Hall–Kier alpha value is -1.81. The molecule has 3 atom stereocenters. The molecule has 0 saturated carbocycles. The van der Waals surface area contributed by atoms with E-state index < -0.39 is 0 Å². The van der Waals surface area contributed by atoms with Gasteiger partial charge in [-0.15, -0.1) is 0 Å². The van der Waals surface area contributed by atoms with E-state index in [0.717, 1.165) is 5.56 Å². The minimum atomic E-state index is -0.376. The average molecular weight is 302 g/mol. The molecule has 0 aromatic heterocycles. The zero-order valence-electron chi connectivity index (χ0n) is 13.8. The number of nitrogens with zero attached hydrogens (tertiary/aromatic N) is 2. The van der Waals surface area contributed by atoms with Crippen molar-refractivity contribution in [3.05, 3.63) is 48.2 Å². The Labute approximate surface area is 133 Å². The Kier molecular flexibility index (Phi) is 5.24. The molecule has 120 valence electrons. The van der Waals surface area contributed by atoms with Gasteiger partial charge < -0.3 is 10.0 Å². The summed E-state index contributed by atoms with van der Waals surface area (Å²) in [5.41, 5.74) is 1.13. The van der Waals surface area contributed by atoms with Gasteiger partial charge in [0.15, 0.2) is 0 Å². The fourth-order valence-electron chi connectivity index (χ4n) is 2.75. The van der Waals surface area contributed by atoms with Gasteiger partial charge in [0.1, 0.15) is 0 Å². The molecule has 1 saturated heterocycles. The van der Waals surface area contributed by atoms with Crippen LogP contribution in [0.1, 0.15) is 38.8 Å². The van der Waals surface area contributed by atoms with Crippen molar-refractivity contribution in [1.82, 2.24) is 9.80 Å². The van der Waals surface area contributed by atoms with E-state index in [9.17, 15) is 9.90 Å². The summed E-state index contributed by atoms with van der Waals surface area (Å²) in [7, 11) is 1.83. The van der Waals surface area contributed by atoms with Crippen LogP contribution in [0.5, 0.6) is 0 Å². The van der Waals surface area contributed by atoms with E-state index in [1.165, 1.54) is 0 Å². The fraction of sp³-hybridized carbons (Fsp3) is 0.500.